The number of amides is 2. The Morgan fingerprint density at radius 1 is 1.22 bits per heavy atom. The molecule has 2 amide bonds. The summed E-state index contributed by atoms with van der Waals surface area (Å²) in [5.41, 5.74) is 1.02. The molecule has 2 saturated heterocycles. The number of aryl methyl sites for hydroxylation is 1. The smallest absolute Gasteiger partial charge is 0.237 e. The molecule has 27 heavy (non-hydrogen) atoms. The monoisotopic (exact) mass is 413 g/mol. The minimum absolute atomic E-state index is 0. The number of hydrogen-bond acceptors (Lipinski definition) is 3. The zero-order valence-electron chi connectivity index (χ0n) is 15.6. The molecule has 2 atom stereocenters. The minimum Gasteiger partial charge on any atom is -0.354 e. The van der Waals surface area contributed by atoms with E-state index < -0.39 is 0 Å². The van der Waals surface area contributed by atoms with Crippen molar-refractivity contribution in [2.24, 2.45) is 5.92 Å². The van der Waals surface area contributed by atoms with E-state index in [-0.39, 0.29) is 30.3 Å². The van der Waals surface area contributed by atoms with Crippen LogP contribution in [0.2, 0.25) is 5.02 Å². The van der Waals surface area contributed by atoms with Crippen molar-refractivity contribution >= 4 is 35.8 Å². The predicted octanol–water partition coefficient (Wildman–Crippen LogP) is 2.80. The third-order valence-corrected chi connectivity index (χ3v) is 5.75. The lowest BCUT2D eigenvalue weighted by molar-refractivity contribution is -0.132. The number of nitrogens with one attached hydrogen (secondary N) is 2. The van der Waals surface area contributed by atoms with Crippen LogP contribution in [0.1, 0.15) is 37.7 Å². The van der Waals surface area contributed by atoms with E-state index in [1.54, 1.807) is 0 Å². The van der Waals surface area contributed by atoms with Gasteiger partial charge >= 0.3 is 0 Å². The summed E-state index contributed by atoms with van der Waals surface area (Å²) < 4.78 is 0. The molecule has 2 fully saturated rings. The van der Waals surface area contributed by atoms with E-state index in [0.717, 1.165) is 55.9 Å². The molecular formula is C20H29Cl2N3O2. The maximum Gasteiger partial charge on any atom is 0.237 e. The van der Waals surface area contributed by atoms with Gasteiger partial charge in [0, 0.05) is 31.1 Å². The first-order chi connectivity index (χ1) is 12.6. The second-order valence-electron chi connectivity index (χ2n) is 7.33. The van der Waals surface area contributed by atoms with Crippen LogP contribution in [0.25, 0.3) is 0 Å². The van der Waals surface area contributed by atoms with Gasteiger partial charge in [-0.3, -0.25) is 9.59 Å². The molecule has 0 aliphatic carbocycles. The molecule has 0 spiro atoms. The van der Waals surface area contributed by atoms with E-state index in [9.17, 15) is 9.59 Å². The summed E-state index contributed by atoms with van der Waals surface area (Å²) in [5.74, 6) is 0.626. The second kappa shape index (κ2) is 10.9. The molecule has 0 aromatic heterocycles. The van der Waals surface area contributed by atoms with Crippen LogP contribution >= 0.6 is 24.0 Å². The Kier molecular flexibility index (Phi) is 8.87. The average molecular weight is 414 g/mol. The molecule has 0 radical (unpaired) electrons. The van der Waals surface area contributed by atoms with Gasteiger partial charge in [-0.15, -0.1) is 12.4 Å². The number of likely N-dealkylation sites (tertiary alicyclic amines) is 1. The van der Waals surface area contributed by atoms with Gasteiger partial charge in [-0.05, 0) is 56.2 Å². The number of piperidine rings is 1. The first-order valence-corrected chi connectivity index (χ1v) is 10.0. The summed E-state index contributed by atoms with van der Waals surface area (Å²) in [4.78, 5) is 26.6. The van der Waals surface area contributed by atoms with Gasteiger partial charge in [0.05, 0.1) is 6.04 Å². The van der Waals surface area contributed by atoms with Crippen LogP contribution in [-0.4, -0.2) is 48.9 Å². The standard InChI is InChI=1S/C20H28ClN3O2.ClH/c21-17-7-2-1-6-16(17)9-10-19(25)24-12-4-5-15(14-24)13-23-20(26)18-8-3-11-22-18;/h1-2,6-7,15,18,22H,3-5,8-14H2,(H,23,26);1H. The first kappa shape index (κ1) is 22.0. The van der Waals surface area contributed by atoms with Crippen LogP contribution in [-0.2, 0) is 16.0 Å². The SMILES string of the molecule is Cl.O=C(NCC1CCCN(C(=O)CCc2ccccc2Cl)C1)C1CCCN1. The largest absolute Gasteiger partial charge is 0.354 e. The van der Waals surface area contributed by atoms with Crippen LogP contribution in [0, 0.1) is 5.92 Å². The van der Waals surface area contributed by atoms with Crippen molar-refractivity contribution in [2.45, 2.75) is 44.6 Å². The van der Waals surface area contributed by atoms with E-state index in [4.69, 9.17) is 11.6 Å². The molecule has 0 saturated carbocycles. The maximum atomic E-state index is 12.6. The Labute approximate surface area is 172 Å². The molecule has 2 heterocycles. The normalized spacial score (nSPS) is 22.2. The van der Waals surface area contributed by atoms with Crippen molar-refractivity contribution in [2.75, 3.05) is 26.2 Å². The van der Waals surface area contributed by atoms with Gasteiger partial charge in [0.2, 0.25) is 11.8 Å². The molecule has 150 valence electrons. The molecule has 2 unspecified atom stereocenters. The number of nitrogens with zero attached hydrogens (tertiary/aromatic N) is 1. The molecule has 2 aliphatic rings. The highest BCUT2D eigenvalue weighted by molar-refractivity contribution is 6.31. The molecule has 3 rings (SSSR count). The van der Waals surface area contributed by atoms with Crippen LogP contribution in [0.5, 0.6) is 0 Å². The predicted molar refractivity (Wildman–Crippen MR) is 110 cm³/mol. The summed E-state index contributed by atoms with van der Waals surface area (Å²) in [6.07, 6.45) is 5.20. The van der Waals surface area contributed by atoms with Crippen molar-refractivity contribution in [3.8, 4) is 0 Å². The summed E-state index contributed by atoms with van der Waals surface area (Å²) in [6.45, 7) is 3.14. The number of halogens is 2. The molecule has 5 nitrogen and oxygen atoms in total. The second-order valence-corrected chi connectivity index (χ2v) is 7.74. The average Bonchev–Trinajstić information content (AvgIpc) is 3.20. The number of carbonyl (C=O) groups excluding carboxylic acids is 2. The van der Waals surface area contributed by atoms with Gasteiger partial charge in [-0.25, -0.2) is 0 Å². The number of rotatable bonds is 6. The fourth-order valence-electron chi connectivity index (χ4n) is 3.84. The van der Waals surface area contributed by atoms with Crippen LogP contribution in [0.3, 0.4) is 0 Å². The molecule has 1 aromatic rings. The highest BCUT2D eigenvalue weighted by Crippen LogP contribution is 2.20. The van der Waals surface area contributed by atoms with Gasteiger partial charge < -0.3 is 15.5 Å². The van der Waals surface area contributed by atoms with E-state index in [2.05, 4.69) is 10.6 Å². The zero-order valence-corrected chi connectivity index (χ0v) is 17.2. The summed E-state index contributed by atoms with van der Waals surface area (Å²) in [6, 6.07) is 7.65. The van der Waals surface area contributed by atoms with Gasteiger partial charge in [0.15, 0.2) is 0 Å². The fraction of sp³-hybridized carbons (Fsp3) is 0.600. The van der Waals surface area contributed by atoms with E-state index >= 15 is 0 Å². The van der Waals surface area contributed by atoms with Crippen molar-refractivity contribution in [1.29, 1.82) is 0 Å². The van der Waals surface area contributed by atoms with Crippen LogP contribution in [0.4, 0.5) is 0 Å². The summed E-state index contributed by atoms with van der Waals surface area (Å²) in [7, 11) is 0. The lowest BCUT2D eigenvalue weighted by Crippen LogP contribution is -2.46. The van der Waals surface area contributed by atoms with Gasteiger partial charge in [0.1, 0.15) is 0 Å². The van der Waals surface area contributed by atoms with Crippen molar-refractivity contribution < 1.29 is 9.59 Å². The Hall–Kier alpha value is -1.30. The van der Waals surface area contributed by atoms with Crippen molar-refractivity contribution in [3.63, 3.8) is 0 Å². The lowest BCUT2D eigenvalue weighted by atomic mass is 9.97. The number of carbonyl (C=O) groups is 2. The van der Waals surface area contributed by atoms with Crippen molar-refractivity contribution in [1.82, 2.24) is 15.5 Å². The summed E-state index contributed by atoms with van der Waals surface area (Å²) >= 11 is 6.17. The van der Waals surface area contributed by atoms with Crippen LogP contribution < -0.4 is 10.6 Å². The molecule has 0 bridgehead atoms. The van der Waals surface area contributed by atoms with Crippen molar-refractivity contribution in [3.05, 3.63) is 34.9 Å². The topological polar surface area (TPSA) is 61.4 Å². The highest BCUT2D eigenvalue weighted by atomic mass is 35.5. The highest BCUT2D eigenvalue weighted by Gasteiger charge is 2.26. The molecule has 2 aliphatic heterocycles. The lowest BCUT2D eigenvalue weighted by Gasteiger charge is -2.33. The Bertz CT molecular complexity index is 635. The Morgan fingerprint density at radius 3 is 2.78 bits per heavy atom. The molecule has 2 N–H and O–H groups in total. The third kappa shape index (κ3) is 6.37. The number of hydrogen-bond donors (Lipinski definition) is 2. The van der Waals surface area contributed by atoms with Gasteiger partial charge in [0.25, 0.3) is 0 Å². The molecule has 7 heteroatoms. The van der Waals surface area contributed by atoms with Gasteiger partial charge in [-0.2, -0.15) is 0 Å². The maximum absolute atomic E-state index is 12.6. The van der Waals surface area contributed by atoms with E-state index in [1.807, 2.05) is 29.2 Å². The molecule has 1 aromatic carbocycles. The van der Waals surface area contributed by atoms with Gasteiger partial charge in [-0.1, -0.05) is 29.8 Å². The number of benzene rings is 1. The summed E-state index contributed by atoms with van der Waals surface area (Å²) in [5, 5.41) is 7.01. The first-order valence-electron chi connectivity index (χ1n) is 9.66. The van der Waals surface area contributed by atoms with E-state index in [0.29, 0.717) is 25.3 Å². The Morgan fingerprint density at radius 2 is 2.04 bits per heavy atom. The zero-order chi connectivity index (χ0) is 18.4. The van der Waals surface area contributed by atoms with Crippen LogP contribution in [0.15, 0.2) is 24.3 Å². The third-order valence-electron chi connectivity index (χ3n) is 5.38. The minimum atomic E-state index is -0.0352. The van der Waals surface area contributed by atoms with E-state index in [1.165, 1.54) is 0 Å². The Balaban J connectivity index is 0.00000261. The molecular weight excluding hydrogens is 385 g/mol. The quantitative estimate of drug-likeness (QED) is 0.753. The fourth-order valence-corrected chi connectivity index (χ4v) is 4.07.